The van der Waals surface area contributed by atoms with Crippen LogP contribution >= 0.6 is 11.3 Å². The number of carbonyl (C=O) groups is 1. The van der Waals surface area contributed by atoms with E-state index in [1.165, 1.54) is 23.5 Å². The second-order valence-corrected chi connectivity index (χ2v) is 6.01. The van der Waals surface area contributed by atoms with E-state index in [-0.39, 0.29) is 17.6 Å². The van der Waals surface area contributed by atoms with Gasteiger partial charge in [0.1, 0.15) is 23.7 Å². The van der Waals surface area contributed by atoms with Gasteiger partial charge in [0.25, 0.3) is 0 Å². The number of ether oxygens (including phenoxy) is 1. The second kappa shape index (κ2) is 7.40. The molecule has 3 rings (SSSR count). The first-order valence-corrected chi connectivity index (χ1v) is 8.13. The van der Waals surface area contributed by atoms with Crippen molar-refractivity contribution in [1.82, 2.24) is 4.98 Å². The summed E-state index contributed by atoms with van der Waals surface area (Å²) in [5.74, 6) is 0.470. The zero-order valence-electron chi connectivity index (χ0n) is 12.6. The highest BCUT2D eigenvalue weighted by molar-refractivity contribution is 7.09. The Morgan fingerprint density at radius 3 is 2.67 bits per heavy atom. The minimum atomic E-state index is -1.69. The zero-order chi connectivity index (χ0) is 16.9. The number of benzene rings is 2. The molecular formula is C17H14BNO4S. The number of nitrogens with zero attached hydrogens (tertiary/aromatic N) is 1. The van der Waals surface area contributed by atoms with E-state index in [9.17, 15) is 14.8 Å². The molecule has 0 saturated carbocycles. The summed E-state index contributed by atoms with van der Waals surface area (Å²) >= 11 is 1.50. The van der Waals surface area contributed by atoms with Crippen LogP contribution in [0.3, 0.4) is 0 Å². The van der Waals surface area contributed by atoms with Crippen LogP contribution in [-0.2, 0) is 6.61 Å². The number of aldehydes is 1. The van der Waals surface area contributed by atoms with Gasteiger partial charge in [-0.25, -0.2) is 4.98 Å². The first-order chi connectivity index (χ1) is 11.7. The van der Waals surface area contributed by atoms with E-state index in [2.05, 4.69) is 4.98 Å². The highest BCUT2D eigenvalue weighted by atomic mass is 32.1. The van der Waals surface area contributed by atoms with Gasteiger partial charge < -0.3 is 14.8 Å². The minimum absolute atomic E-state index is 0.151. The molecule has 3 aromatic rings. The molecule has 0 aliphatic heterocycles. The highest BCUT2D eigenvalue weighted by Crippen LogP contribution is 2.22. The first-order valence-electron chi connectivity index (χ1n) is 7.25. The van der Waals surface area contributed by atoms with E-state index < -0.39 is 7.12 Å². The van der Waals surface area contributed by atoms with Crippen molar-refractivity contribution in [2.45, 2.75) is 6.61 Å². The SMILES string of the molecule is O=Cc1cc(OCc2nc(-c3ccccc3)cs2)ccc1B(O)O. The summed E-state index contributed by atoms with van der Waals surface area (Å²) in [4.78, 5) is 15.6. The van der Waals surface area contributed by atoms with E-state index in [1.54, 1.807) is 6.07 Å². The van der Waals surface area contributed by atoms with Gasteiger partial charge in [0.15, 0.2) is 0 Å². The molecule has 1 heterocycles. The van der Waals surface area contributed by atoms with E-state index in [4.69, 9.17) is 4.74 Å². The van der Waals surface area contributed by atoms with Gasteiger partial charge in [-0.15, -0.1) is 11.3 Å². The Hall–Kier alpha value is -2.48. The highest BCUT2D eigenvalue weighted by Gasteiger charge is 2.16. The van der Waals surface area contributed by atoms with Crippen LogP contribution in [0.5, 0.6) is 5.75 Å². The van der Waals surface area contributed by atoms with E-state index in [0.29, 0.717) is 12.0 Å². The van der Waals surface area contributed by atoms with Crippen molar-refractivity contribution in [3.8, 4) is 17.0 Å². The Morgan fingerprint density at radius 2 is 1.96 bits per heavy atom. The van der Waals surface area contributed by atoms with E-state index in [0.717, 1.165) is 16.3 Å². The molecule has 0 aliphatic rings. The maximum absolute atomic E-state index is 11.0. The van der Waals surface area contributed by atoms with Gasteiger partial charge in [-0.1, -0.05) is 36.4 Å². The van der Waals surface area contributed by atoms with Crippen LogP contribution in [0.1, 0.15) is 15.4 Å². The van der Waals surface area contributed by atoms with Crippen molar-refractivity contribution in [3.05, 3.63) is 64.5 Å². The summed E-state index contributed by atoms with van der Waals surface area (Å²) in [6.07, 6.45) is 0.568. The van der Waals surface area contributed by atoms with Crippen LogP contribution in [-0.4, -0.2) is 28.4 Å². The van der Waals surface area contributed by atoms with Crippen molar-refractivity contribution in [2.75, 3.05) is 0 Å². The molecule has 0 aliphatic carbocycles. The average molecular weight is 339 g/mol. The molecule has 2 aromatic carbocycles. The minimum Gasteiger partial charge on any atom is -0.486 e. The van der Waals surface area contributed by atoms with Gasteiger partial charge in [-0.2, -0.15) is 0 Å². The fourth-order valence-electron chi connectivity index (χ4n) is 2.24. The molecule has 0 fully saturated rings. The van der Waals surface area contributed by atoms with Crippen molar-refractivity contribution >= 4 is 30.2 Å². The molecule has 24 heavy (non-hydrogen) atoms. The lowest BCUT2D eigenvalue weighted by atomic mass is 9.77. The van der Waals surface area contributed by atoms with Crippen molar-refractivity contribution in [1.29, 1.82) is 0 Å². The molecule has 0 atom stereocenters. The topological polar surface area (TPSA) is 79.7 Å². The van der Waals surface area contributed by atoms with Crippen LogP contribution in [0.4, 0.5) is 0 Å². The zero-order valence-corrected chi connectivity index (χ0v) is 13.4. The molecule has 0 saturated heterocycles. The van der Waals surface area contributed by atoms with E-state index in [1.807, 2.05) is 35.7 Å². The second-order valence-electron chi connectivity index (χ2n) is 5.06. The van der Waals surface area contributed by atoms with Gasteiger partial charge >= 0.3 is 7.12 Å². The Morgan fingerprint density at radius 1 is 1.17 bits per heavy atom. The van der Waals surface area contributed by atoms with Crippen molar-refractivity contribution in [2.24, 2.45) is 0 Å². The third-order valence-electron chi connectivity index (χ3n) is 3.45. The standard InChI is InChI=1S/C17H14BNO4S/c20-9-13-8-14(6-7-15(13)18(21)22)23-10-17-19-16(11-24-17)12-4-2-1-3-5-12/h1-9,11,21-22H,10H2. The summed E-state index contributed by atoms with van der Waals surface area (Å²) in [5.41, 5.74) is 2.28. The normalized spacial score (nSPS) is 10.4. The molecule has 0 amide bonds. The summed E-state index contributed by atoms with van der Waals surface area (Å²) in [6, 6.07) is 14.4. The number of carbonyl (C=O) groups excluding carboxylic acids is 1. The number of hydrogen-bond acceptors (Lipinski definition) is 6. The van der Waals surface area contributed by atoms with Gasteiger partial charge in [0, 0.05) is 16.5 Å². The molecule has 0 radical (unpaired) electrons. The monoisotopic (exact) mass is 339 g/mol. The largest absolute Gasteiger partial charge is 0.489 e. The lowest BCUT2D eigenvalue weighted by molar-refractivity contribution is 0.112. The lowest BCUT2D eigenvalue weighted by Crippen LogP contribution is -2.32. The van der Waals surface area contributed by atoms with Crippen LogP contribution in [0.2, 0.25) is 0 Å². The Bertz CT molecular complexity index is 836. The van der Waals surface area contributed by atoms with Crippen LogP contribution in [0.15, 0.2) is 53.9 Å². The summed E-state index contributed by atoms with van der Waals surface area (Å²) < 4.78 is 5.64. The Kier molecular flexibility index (Phi) is 5.05. The van der Waals surface area contributed by atoms with Crippen LogP contribution in [0.25, 0.3) is 11.3 Å². The first kappa shape index (κ1) is 16.4. The third-order valence-corrected chi connectivity index (χ3v) is 4.27. The molecule has 0 spiro atoms. The summed E-state index contributed by atoms with van der Waals surface area (Å²) in [7, 11) is -1.69. The van der Waals surface area contributed by atoms with Gasteiger partial charge in [0.05, 0.1) is 5.69 Å². The van der Waals surface area contributed by atoms with Gasteiger partial charge in [0.2, 0.25) is 0 Å². The van der Waals surface area contributed by atoms with Crippen molar-refractivity contribution < 1.29 is 19.6 Å². The van der Waals surface area contributed by atoms with Crippen LogP contribution < -0.4 is 10.2 Å². The molecule has 7 heteroatoms. The summed E-state index contributed by atoms with van der Waals surface area (Å²) in [5, 5.41) is 21.2. The lowest BCUT2D eigenvalue weighted by Gasteiger charge is -2.08. The predicted octanol–water partition coefficient (Wildman–Crippen LogP) is 1.88. The molecule has 5 nitrogen and oxygen atoms in total. The quantitative estimate of drug-likeness (QED) is 0.530. The molecule has 1 aromatic heterocycles. The molecule has 120 valence electrons. The fourth-order valence-corrected chi connectivity index (χ4v) is 2.96. The van der Waals surface area contributed by atoms with Crippen LogP contribution in [0, 0.1) is 0 Å². The number of rotatable bonds is 6. The Balaban J connectivity index is 1.70. The number of aromatic nitrogens is 1. The smallest absolute Gasteiger partial charge is 0.486 e. The fraction of sp³-hybridized carbons (Fsp3) is 0.0588. The third kappa shape index (κ3) is 3.71. The van der Waals surface area contributed by atoms with Crippen molar-refractivity contribution in [3.63, 3.8) is 0 Å². The predicted molar refractivity (Wildman–Crippen MR) is 93.5 cm³/mol. The summed E-state index contributed by atoms with van der Waals surface area (Å²) in [6.45, 7) is 0.275. The number of thiazole rings is 1. The maximum atomic E-state index is 11.0. The molecule has 0 bridgehead atoms. The Labute approximate surface area is 143 Å². The van der Waals surface area contributed by atoms with Gasteiger partial charge in [-0.05, 0) is 17.6 Å². The molecule has 2 N–H and O–H groups in total. The van der Waals surface area contributed by atoms with Gasteiger partial charge in [-0.3, -0.25) is 4.79 Å². The number of hydrogen-bond donors (Lipinski definition) is 2. The molecule has 0 unspecified atom stereocenters. The van der Waals surface area contributed by atoms with E-state index >= 15 is 0 Å². The molecular weight excluding hydrogens is 325 g/mol. The maximum Gasteiger partial charge on any atom is 0.489 e. The average Bonchev–Trinajstić information content (AvgIpc) is 3.09.